The molecule has 2 unspecified atom stereocenters. The third-order valence-corrected chi connectivity index (χ3v) is 7.78. The van der Waals surface area contributed by atoms with Gasteiger partial charge in [-0.1, -0.05) is 31.4 Å². The molecule has 2 aromatic heterocycles. The number of phenols is 1. The van der Waals surface area contributed by atoms with Crippen LogP contribution in [0.25, 0.3) is 5.78 Å². The highest BCUT2D eigenvalue weighted by atomic mass is 35.5. The second kappa shape index (κ2) is 9.76. The quantitative estimate of drug-likeness (QED) is 0.367. The molecule has 8 nitrogen and oxygen atoms in total. The Morgan fingerprint density at radius 1 is 1.25 bits per heavy atom. The number of ether oxygens (including phenoxy) is 1. The summed E-state index contributed by atoms with van der Waals surface area (Å²) in [5.41, 5.74) is 0.153. The molecule has 0 radical (unpaired) electrons. The Morgan fingerprint density at radius 3 is 2.75 bits per heavy atom. The predicted octanol–water partition coefficient (Wildman–Crippen LogP) is 4.42. The Balaban J connectivity index is 1.36. The molecule has 1 aromatic carbocycles. The minimum Gasteiger partial charge on any atom is -0.508 e. The van der Waals surface area contributed by atoms with Gasteiger partial charge in [-0.2, -0.15) is 4.98 Å². The molecule has 10 heteroatoms. The van der Waals surface area contributed by atoms with Crippen molar-refractivity contribution in [2.45, 2.75) is 70.3 Å². The molecule has 36 heavy (non-hydrogen) atoms. The van der Waals surface area contributed by atoms with E-state index in [0.29, 0.717) is 47.0 Å². The predicted molar refractivity (Wildman–Crippen MR) is 129 cm³/mol. The van der Waals surface area contributed by atoms with E-state index in [4.69, 9.17) is 16.3 Å². The summed E-state index contributed by atoms with van der Waals surface area (Å²) in [4.78, 5) is 35.0. The van der Waals surface area contributed by atoms with Gasteiger partial charge in [0.2, 0.25) is 0 Å². The maximum absolute atomic E-state index is 14.6. The van der Waals surface area contributed by atoms with Crippen molar-refractivity contribution in [3.63, 3.8) is 0 Å². The van der Waals surface area contributed by atoms with E-state index in [2.05, 4.69) is 15.1 Å². The highest BCUT2D eigenvalue weighted by molar-refractivity contribution is 6.30. The lowest BCUT2D eigenvalue weighted by Crippen LogP contribution is -2.52. The van der Waals surface area contributed by atoms with Gasteiger partial charge in [0.1, 0.15) is 23.1 Å². The summed E-state index contributed by atoms with van der Waals surface area (Å²) in [5.74, 6) is -1.65. The van der Waals surface area contributed by atoms with Gasteiger partial charge in [0.25, 0.3) is 5.78 Å². The summed E-state index contributed by atoms with van der Waals surface area (Å²) in [6.07, 6.45) is 8.09. The number of hydrogen-bond donors (Lipinski definition) is 1. The molecule has 1 aliphatic heterocycles. The van der Waals surface area contributed by atoms with Crippen LogP contribution in [0.4, 0.5) is 4.39 Å². The molecular formula is C26H28ClFN4O4. The minimum absolute atomic E-state index is 0.0197. The summed E-state index contributed by atoms with van der Waals surface area (Å²) >= 11 is 5.95. The van der Waals surface area contributed by atoms with E-state index < -0.39 is 23.3 Å². The highest BCUT2D eigenvalue weighted by Crippen LogP contribution is 2.45. The maximum atomic E-state index is 14.6. The number of benzene rings is 1. The van der Waals surface area contributed by atoms with Crippen molar-refractivity contribution in [3.8, 4) is 5.75 Å². The van der Waals surface area contributed by atoms with Crippen LogP contribution >= 0.6 is 11.6 Å². The Kier molecular flexibility index (Phi) is 6.68. The van der Waals surface area contributed by atoms with Gasteiger partial charge in [0.05, 0.1) is 17.4 Å². The van der Waals surface area contributed by atoms with Crippen LogP contribution in [-0.4, -0.2) is 42.0 Å². The molecule has 0 bridgehead atoms. The maximum Gasteiger partial charge on any atom is 0.317 e. The number of phenolic OH excluding ortho intramolecular Hbond substituents is 1. The third-order valence-electron chi connectivity index (χ3n) is 7.59. The first kappa shape index (κ1) is 24.6. The highest BCUT2D eigenvalue weighted by Gasteiger charge is 2.51. The largest absolute Gasteiger partial charge is 0.508 e. The van der Waals surface area contributed by atoms with Crippen molar-refractivity contribution in [1.82, 2.24) is 19.6 Å². The molecule has 5 rings (SSSR count). The standard InChI is InChI=1S/C26H28ClFN4O4/c1-2-15-9-16(20(28)11-21(15)33)7-8-26(17-5-3-4-6-17)12-22(34)19(24(35)36-26)10-23-30-25-29-13-18(27)14-32(25)31-23/h9,11,13-14,17,19,33H,2-8,10,12H2,1H3. The number of carbonyl (C=O) groups is 2. The molecule has 1 saturated carbocycles. The van der Waals surface area contributed by atoms with E-state index >= 15 is 0 Å². The molecule has 0 amide bonds. The number of halogens is 2. The SMILES string of the molecule is CCc1cc(CCC2(C3CCCC3)CC(=O)C(Cc3nc4ncc(Cl)cn4n3)C(=O)O2)c(F)cc1O. The third kappa shape index (κ3) is 4.68. The van der Waals surface area contributed by atoms with E-state index in [9.17, 15) is 19.1 Å². The van der Waals surface area contributed by atoms with E-state index in [1.165, 1.54) is 10.7 Å². The zero-order chi connectivity index (χ0) is 25.4. The number of aryl methyl sites for hydroxylation is 2. The minimum atomic E-state index is -0.996. The van der Waals surface area contributed by atoms with Crippen LogP contribution in [0.1, 0.15) is 62.4 Å². The van der Waals surface area contributed by atoms with Crippen molar-refractivity contribution < 1.29 is 23.8 Å². The van der Waals surface area contributed by atoms with Gasteiger partial charge in [0.15, 0.2) is 11.6 Å². The van der Waals surface area contributed by atoms with Crippen LogP contribution < -0.4 is 0 Å². The topological polar surface area (TPSA) is 107 Å². The van der Waals surface area contributed by atoms with Crippen LogP contribution in [0.5, 0.6) is 5.75 Å². The second-order valence-corrected chi connectivity index (χ2v) is 10.3. The summed E-state index contributed by atoms with van der Waals surface area (Å²) in [7, 11) is 0. The van der Waals surface area contributed by atoms with Crippen molar-refractivity contribution in [3.05, 3.63) is 52.3 Å². The summed E-state index contributed by atoms with van der Waals surface area (Å²) < 4.78 is 22.2. The number of hydrogen-bond acceptors (Lipinski definition) is 7. The van der Waals surface area contributed by atoms with Crippen LogP contribution in [0.15, 0.2) is 24.5 Å². The van der Waals surface area contributed by atoms with Gasteiger partial charge in [-0.3, -0.25) is 9.59 Å². The number of aromatic hydroxyl groups is 1. The lowest BCUT2D eigenvalue weighted by Gasteiger charge is -2.43. The molecule has 3 heterocycles. The average molecular weight is 515 g/mol. The second-order valence-electron chi connectivity index (χ2n) is 9.84. The first-order chi connectivity index (χ1) is 17.3. The van der Waals surface area contributed by atoms with Gasteiger partial charge in [-0.15, -0.1) is 5.10 Å². The number of esters is 1. The van der Waals surface area contributed by atoms with Gasteiger partial charge < -0.3 is 9.84 Å². The Bertz CT molecular complexity index is 1300. The molecule has 2 aliphatic rings. The smallest absolute Gasteiger partial charge is 0.317 e. The van der Waals surface area contributed by atoms with Crippen LogP contribution in [0, 0.1) is 17.7 Å². The first-order valence-corrected chi connectivity index (χ1v) is 12.8. The van der Waals surface area contributed by atoms with E-state index in [0.717, 1.165) is 31.7 Å². The normalized spacial score (nSPS) is 22.9. The first-order valence-electron chi connectivity index (χ1n) is 12.4. The molecule has 0 spiro atoms. The number of rotatable bonds is 7. The van der Waals surface area contributed by atoms with Crippen molar-refractivity contribution in [2.24, 2.45) is 11.8 Å². The number of ketones is 1. The summed E-state index contributed by atoms with van der Waals surface area (Å²) in [5, 5.41) is 14.6. The van der Waals surface area contributed by atoms with Crippen LogP contribution in [0.3, 0.4) is 0 Å². The molecule has 190 valence electrons. The number of cyclic esters (lactones) is 1. The zero-order valence-corrected chi connectivity index (χ0v) is 20.8. The number of aromatic nitrogens is 4. The molecule has 2 atom stereocenters. The van der Waals surface area contributed by atoms with Gasteiger partial charge in [-0.05, 0) is 55.2 Å². The Labute approximate surface area is 212 Å². The molecule has 1 saturated heterocycles. The summed E-state index contributed by atoms with van der Waals surface area (Å²) in [6.45, 7) is 1.89. The van der Waals surface area contributed by atoms with Crippen molar-refractivity contribution >= 4 is 29.1 Å². The molecule has 1 aliphatic carbocycles. The molecule has 1 N–H and O–H groups in total. The Morgan fingerprint density at radius 2 is 2.03 bits per heavy atom. The fraction of sp³-hybridized carbons (Fsp3) is 0.500. The van der Waals surface area contributed by atoms with E-state index in [-0.39, 0.29) is 30.3 Å². The van der Waals surface area contributed by atoms with E-state index in [1.54, 1.807) is 12.3 Å². The average Bonchev–Trinajstić information content (AvgIpc) is 3.51. The molecular weight excluding hydrogens is 487 g/mol. The molecule has 3 aromatic rings. The lowest BCUT2D eigenvalue weighted by molar-refractivity contribution is -0.185. The fourth-order valence-electron chi connectivity index (χ4n) is 5.63. The fourth-order valence-corrected chi connectivity index (χ4v) is 5.77. The van der Waals surface area contributed by atoms with Crippen LogP contribution in [0.2, 0.25) is 5.02 Å². The molecule has 2 fully saturated rings. The Hall–Kier alpha value is -3.07. The van der Waals surface area contributed by atoms with Crippen molar-refractivity contribution in [1.29, 1.82) is 0 Å². The van der Waals surface area contributed by atoms with Gasteiger partial charge in [-0.25, -0.2) is 13.9 Å². The number of nitrogens with zero attached hydrogens (tertiary/aromatic N) is 4. The lowest BCUT2D eigenvalue weighted by atomic mass is 9.73. The monoisotopic (exact) mass is 514 g/mol. The van der Waals surface area contributed by atoms with Gasteiger partial charge in [0, 0.05) is 18.9 Å². The zero-order valence-electron chi connectivity index (χ0n) is 20.0. The number of fused-ring (bicyclic) bond motifs is 1. The van der Waals surface area contributed by atoms with Gasteiger partial charge >= 0.3 is 5.97 Å². The van der Waals surface area contributed by atoms with E-state index in [1.807, 2.05) is 6.92 Å². The summed E-state index contributed by atoms with van der Waals surface area (Å²) in [6, 6.07) is 2.80. The number of Topliss-reactive ketones (excluding diaryl/α,β-unsaturated/α-hetero) is 1. The van der Waals surface area contributed by atoms with Crippen LogP contribution in [-0.2, 0) is 33.6 Å². The number of carbonyl (C=O) groups excluding carboxylic acids is 2. The van der Waals surface area contributed by atoms with Crippen molar-refractivity contribution in [2.75, 3.05) is 0 Å².